The van der Waals surface area contributed by atoms with E-state index >= 15 is 0 Å². The maximum atomic E-state index is 10.7. The first kappa shape index (κ1) is 14.2. The number of ether oxygens (including phenoxy) is 1. The van der Waals surface area contributed by atoms with E-state index in [2.05, 4.69) is 5.32 Å². The van der Waals surface area contributed by atoms with E-state index < -0.39 is 5.91 Å². The lowest BCUT2D eigenvalue weighted by molar-refractivity contribution is -0.119. The molecule has 1 aromatic carbocycles. The van der Waals surface area contributed by atoms with Gasteiger partial charge in [-0.05, 0) is 36.6 Å². The van der Waals surface area contributed by atoms with Gasteiger partial charge in [0.1, 0.15) is 5.75 Å². The third kappa shape index (κ3) is 3.31. The van der Waals surface area contributed by atoms with Crippen LogP contribution in [0.3, 0.4) is 0 Å². The Morgan fingerprint density at radius 1 is 1.48 bits per heavy atom. The number of halogens is 1. The molecular formula is C15H15ClN2O2S. The molecule has 6 heteroatoms. The van der Waals surface area contributed by atoms with Crippen LogP contribution in [-0.2, 0) is 11.2 Å². The van der Waals surface area contributed by atoms with Gasteiger partial charge in [-0.3, -0.25) is 4.79 Å². The molecule has 21 heavy (non-hydrogen) atoms. The van der Waals surface area contributed by atoms with Crippen LogP contribution in [0, 0.1) is 0 Å². The van der Waals surface area contributed by atoms with E-state index in [9.17, 15) is 4.79 Å². The molecule has 3 rings (SSSR count). The van der Waals surface area contributed by atoms with Crippen molar-refractivity contribution in [2.24, 2.45) is 5.73 Å². The molecule has 110 valence electrons. The van der Waals surface area contributed by atoms with Gasteiger partial charge in [-0.25, -0.2) is 0 Å². The molecule has 1 amide bonds. The second-order valence-corrected chi connectivity index (χ2v) is 6.72. The number of rotatable bonds is 5. The minimum atomic E-state index is -0.485. The van der Waals surface area contributed by atoms with Crippen molar-refractivity contribution in [1.29, 1.82) is 0 Å². The Bertz CT molecular complexity index is 671. The fourth-order valence-corrected chi connectivity index (χ4v) is 3.87. The van der Waals surface area contributed by atoms with Crippen molar-refractivity contribution < 1.29 is 9.53 Å². The lowest BCUT2D eigenvalue weighted by Crippen LogP contribution is -2.20. The zero-order valence-corrected chi connectivity index (χ0v) is 12.8. The number of anilines is 1. The van der Waals surface area contributed by atoms with Crippen molar-refractivity contribution in [3.63, 3.8) is 0 Å². The zero-order valence-electron chi connectivity index (χ0n) is 11.3. The predicted molar refractivity (Wildman–Crippen MR) is 85.1 cm³/mol. The SMILES string of the molecule is NC(=O)COc1cccc(NC2CCc3sc(Cl)cc32)c1. The van der Waals surface area contributed by atoms with Crippen LogP contribution in [0.25, 0.3) is 0 Å². The third-order valence-electron chi connectivity index (χ3n) is 3.40. The van der Waals surface area contributed by atoms with Crippen LogP contribution in [0.5, 0.6) is 5.75 Å². The minimum absolute atomic E-state index is 0.114. The fraction of sp³-hybridized carbons (Fsp3) is 0.267. The van der Waals surface area contributed by atoms with E-state index in [0.717, 1.165) is 22.9 Å². The zero-order chi connectivity index (χ0) is 14.8. The van der Waals surface area contributed by atoms with E-state index in [0.29, 0.717) is 5.75 Å². The Morgan fingerprint density at radius 3 is 3.14 bits per heavy atom. The molecule has 1 aromatic heterocycles. The van der Waals surface area contributed by atoms with E-state index in [1.807, 2.05) is 24.3 Å². The van der Waals surface area contributed by atoms with E-state index in [1.165, 1.54) is 10.4 Å². The van der Waals surface area contributed by atoms with Crippen molar-refractivity contribution in [2.75, 3.05) is 11.9 Å². The third-order valence-corrected chi connectivity index (χ3v) is 4.74. The van der Waals surface area contributed by atoms with Gasteiger partial charge >= 0.3 is 0 Å². The van der Waals surface area contributed by atoms with Gasteiger partial charge in [-0.1, -0.05) is 17.7 Å². The number of aryl methyl sites for hydroxylation is 1. The average molecular weight is 323 g/mol. The number of hydrogen-bond acceptors (Lipinski definition) is 4. The number of carbonyl (C=O) groups is 1. The number of carbonyl (C=O) groups excluding carboxylic acids is 1. The lowest BCUT2D eigenvalue weighted by atomic mass is 10.1. The van der Waals surface area contributed by atoms with Gasteiger partial charge in [-0.2, -0.15) is 0 Å². The molecule has 1 unspecified atom stereocenters. The number of nitrogens with one attached hydrogen (secondary N) is 1. The van der Waals surface area contributed by atoms with Crippen LogP contribution in [0.2, 0.25) is 4.34 Å². The Hall–Kier alpha value is -1.72. The van der Waals surface area contributed by atoms with Gasteiger partial charge in [0, 0.05) is 16.6 Å². The summed E-state index contributed by atoms with van der Waals surface area (Å²) in [7, 11) is 0. The average Bonchev–Trinajstić information content (AvgIpc) is 2.98. The van der Waals surface area contributed by atoms with Gasteiger partial charge in [0.05, 0.1) is 10.4 Å². The number of amides is 1. The summed E-state index contributed by atoms with van der Waals surface area (Å²) in [6.07, 6.45) is 2.12. The number of benzene rings is 1. The molecule has 0 aliphatic heterocycles. The highest BCUT2D eigenvalue weighted by Crippen LogP contribution is 2.41. The first-order chi connectivity index (χ1) is 10.1. The molecule has 1 aliphatic carbocycles. The van der Waals surface area contributed by atoms with Crippen molar-refractivity contribution in [3.8, 4) is 5.75 Å². The Balaban J connectivity index is 1.71. The number of primary amides is 1. The minimum Gasteiger partial charge on any atom is -0.484 e. The molecule has 0 spiro atoms. The van der Waals surface area contributed by atoms with E-state index in [-0.39, 0.29) is 12.6 Å². The van der Waals surface area contributed by atoms with Crippen LogP contribution in [-0.4, -0.2) is 12.5 Å². The van der Waals surface area contributed by atoms with Crippen LogP contribution < -0.4 is 15.8 Å². The maximum absolute atomic E-state index is 10.7. The summed E-state index contributed by atoms with van der Waals surface area (Å²) in [4.78, 5) is 12.1. The summed E-state index contributed by atoms with van der Waals surface area (Å²) in [6.45, 7) is -0.114. The quantitative estimate of drug-likeness (QED) is 0.887. The van der Waals surface area contributed by atoms with Gasteiger partial charge < -0.3 is 15.8 Å². The van der Waals surface area contributed by atoms with Crippen molar-refractivity contribution in [2.45, 2.75) is 18.9 Å². The molecule has 1 atom stereocenters. The van der Waals surface area contributed by atoms with Gasteiger partial charge in [-0.15, -0.1) is 11.3 Å². The Labute approximate surface area is 131 Å². The van der Waals surface area contributed by atoms with Gasteiger partial charge in [0.15, 0.2) is 6.61 Å². The summed E-state index contributed by atoms with van der Waals surface area (Å²) in [5.74, 6) is 0.141. The molecule has 1 aliphatic rings. The fourth-order valence-electron chi connectivity index (χ4n) is 2.51. The molecule has 4 nitrogen and oxygen atoms in total. The summed E-state index contributed by atoms with van der Waals surface area (Å²) >= 11 is 7.72. The predicted octanol–water partition coefficient (Wildman–Crippen LogP) is 3.37. The molecule has 0 saturated carbocycles. The second-order valence-electron chi connectivity index (χ2n) is 4.95. The molecule has 0 saturated heterocycles. The number of fused-ring (bicyclic) bond motifs is 1. The normalized spacial score (nSPS) is 16.5. The van der Waals surface area contributed by atoms with Crippen LogP contribution in [0.15, 0.2) is 30.3 Å². The number of hydrogen-bond donors (Lipinski definition) is 2. The maximum Gasteiger partial charge on any atom is 0.255 e. The van der Waals surface area contributed by atoms with Gasteiger partial charge in [0.2, 0.25) is 0 Å². The highest BCUT2D eigenvalue weighted by Gasteiger charge is 2.24. The highest BCUT2D eigenvalue weighted by molar-refractivity contribution is 7.16. The number of thiophene rings is 1. The summed E-state index contributed by atoms with van der Waals surface area (Å²) in [5.41, 5.74) is 7.32. The molecule has 0 bridgehead atoms. The summed E-state index contributed by atoms with van der Waals surface area (Å²) < 4.78 is 6.15. The van der Waals surface area contributed by atoms with E-state index in [1.54, 1.807) is 17.4 Å². The standard InChI is InChI=1S/C15H15ClN2O2S/c16-14-7-11-12(4-5-13(11)21-14)18-9-2-1-3-10(6-9)20-8-15(17)19/h1-3,6-7,12,18H,4-5,8H2,(H2,17,19). The van der Waals surface area contributed by atoms with Crippen molar-refractivity contribution in [3.05, 3.63) is 45.1 Å². The molecule has 0 fully saturated rings. The topological polar surface area (TPSA) is 64.4 Å². The van der Waals surface area contributed by atoms with Crippen LogP contribution >= 0.6 is 22.9 Å². The molecular weight excluding hydrogens is 308 g/mol. The molecule has 2 aromatic rings. The van der Waals surface area contributed by atoms with Gasteiger partial charge in [0.25, 0.3) is 5.91 Å². The van der Waals surface area contributed by atoms with E-state index in [4.69, 9.17) is 22.1 Å². The summed E-state index contributed by atoms with van der Waals surface area (Å²) in [6, 6.07) is 9.85. The summed E-state index contributed by atoms with van der Waals surface area (Å²) in [5, 5.41) is 3.49. The van der Waals surface area contributed by atoms with Crippen LogP contribution in [0.4, 0.5) is 5.69 Å². The van der Waals surface area contributed by atoms with Crippen molar-refractivity contribution in [1.82, 2.24) is 0 Å². The first-order valence-electron chi connectivity index (χ1n) is 6.67. The monoisotopic (exact) mass is 322 g/mol. The number of nitrogens with two attached hydrogens (primary N) is 1. The first-order valence-corrected chi connectivity index (χ1v) is 7.87. The molecule has 3 N–H and O–H groups in total. The second kappa shape index (κ2) is 5.95. The largest absolute Gasteiger partial charge is 0.484 e. The Kier molecular flexibility index (Phi) is 4.03. The highest BCUT2D eigenvalue weighted by atomic mass is 35.5. The lowest BCUT2D eigenvalue weighted by Gasteiger charge is -2.15. The molecule has 1 heterocycles. The van der Waals surface area contributed by atoms with Crippen molar-refractivity contribution >= 4 is 34.5 Å². The smallest absolute Gasteiger partial charge is 0.255 e. The Morgan fingerprint density at radius 2 is 2.33 bits per heavy atom. The molecule has 0 radical (unpaired) electrons. The van der Waals surface area contributed by atoms with Crippen LogP contribution in [0.1, 0.15) is 22.9 Å².